The van der Waals surface area contributed by atoms with E-state index in [9.17, 15) is 9.59 Å². The first-order valence-electron chi connectivity index (χ1n) is 6.33. The van der Waals surface area contributed by atoms with Crippen LogP contribution >= 0.6 is 15.9 Å². The topological polar surface area (TPSA) is 69.6 Å². The molecule has 0 aromatic heterocycles. The van der Waals surface area contributed by atoms with Crippen LogP contribution in [0.4, 0.5) is 4.79 Å². The molecule has 0 aliphatic carbocycles. The van der Waals surface area contributed by atoms with Gasteiger partial charge in [-0.05, 0) is 23.6 Å². The van der Waals surface area contributed by atoms with Gasteiger partial charge in [-0.15, -0.1) is 0 Å². The minimum absolute atomic E-state index is 0.0512. The number of nitrogens with zero attached hydrogens (tertiary/aromatic N) is 1. The summed E-state index contributed by atoms with van der Waals surface area (Å²) in [6.45, 7) is 2.65. The van der Waals surface area contributed by atoms with Crippen molar-refractivity contribution in [3.8, 4) is 0 Å². The molecule has 20 heavy (non-hydrogen) atoms. The highest BCUT2D eigenvalue weighted by molar-refractivity contribution is 9.10. The number of amides is 2. The van der Waals surface area contributed by atoms with E-state index in [1.54, 1.807) is 18.9 Å². The van der Waals surface area contributed by atoms with Crippen LogP contribution in [0.15, 0.2) is 28.7 Å². The molecule has 0 aliphatic rings. The van der Waals surface area contributed by atoms with Crippen molar-refractivity contribution in [2.24, 2.45) is 5.92 Å². The molecule has 0 fully saturated rings. The molecule has 1 atom stereocenters. The van der Waals surface area contributed by atoms with Gasteiger partial charge in [-0.3, -0.25) is 4.79 Å². The van der Waals surface area contributed by atoms with E-state index in [0.29, 0.717) is 13.1 Å². The summed E-state index contributed by atoms with van der Waals surface area (Å²) in [7, 11) is 1.71. The number of nitrogens with one attached hydrogen (secondary N) is 1. The summed E-state index contributed by atoms with van der Waals surface area (Å²) in [6, 6.07) is 7.54. The molecule has 5 nitrogen and oxygen atoms in total. The Bertz CT molecular complexity index is 479. The fourth-order valence-electron chi connectivity index (χ4n) is 1.75. The van der Waals surface area contributed by atoms with E-state index in [0.717, 1.165) is 10.0 Å². The first-order valence-corrected chi connectivity index (χ1v) is 7.13. The van der Waals surface area contributed by atoms with E-state index in [2.05, 4.69) is 21.2 Å². The van der Waals surface area contributed by atoms with E-state index in [4.69, 9.17) is 5.11 Å². The van der Waals surface area contributed by atoms with Gasteiger partial charge in [-0.25, -0.2) is 4.79 Å². The Balaban J connectivity index is 2.41. The number of rotatable bonds is 6. The highest BCUT2D eigenvalue weighted by Crippen LogP contribution is 2.13. The van der Waals surface area contributed by atoms with Crippen LogP contribution < -0.4 is 5.32 Å². The van der Waals surface area contributed by atoms with Crippen LogP contribution in [0.25, 0.3) is 0 Å². The van der Waals surface area contributed by atoms with Crippen molar-refractivity contribution >= 4 is 27.9 Å². The number of carbonyl (C=O) groups excluding carboxylic acids is 1. The predicted octanol–water partition coefficient (Wildman–Crippen LogP) is 2.70. The summed E-state index contributed by atoms with van der Waals surface area (Å²) < 4.78 is 0.971. The highest BCUT2D eigenvalue weighted by Gasteiger charge is 2.12. The minimum atomic E-state index is -0.853. The molecule has 110 valence electrons. The monoisotopic (exact) mass is 342 g/mol. The molecule has 0 saturated carbocycles. The molecule has 1 aromatic carbocycles. The van der Waals surface area contributed by atoms with Crippen molar-refractivity contribution in [1.82, 2.24) is 10.2 Å². The van der Waals surface area contributed by atoms with Crippen molar-refractivity contribution in [1.29, 1.82) is 0 Å². The van der Waals surface area contributed by atoms with Gasteiger partial charge in [0.05, 0.1) is 0 Å². The Morgan fingerprint density at radius 2 is 2.15 bits per heavy atom. The Labute approximate surface area is 127 Å². The van der Waals surface area contributed by atoms with Crippen molar-refractivity contribution in [2.45, 2.75) is 19.9 Å². The number of carboxylic acid groups (broad SMARTS) is 1. The third-order valence-corrected chi connectivity index (χ3v) is 3.27. The van der Waals surface area contributed by atoms with Crippen LogP contribution in [-0.2, 0) is 11.3 Å². The number of hydrogen-bond donors (Lipinski definition) is 2. The second kappa shape index (κ2) is 7.89. The third-order valence-electron chi connectivity index (χ3n) is 2.78. The van der Waals surface area contributed by atoms with Crippen molar-refractivity contribution in [2.75, 3.05) is 13.6 Å². The quantitative estimate of drug-likeness (QED) is 0.834. The molecular weight excluding hydrogens is 324 g/mol. The zero-order valence-electron chi connectivity index (χ0n) is 11.6. The van der Waals surface area contributed by atoms with E-state index >= 15 is 0 Å². The molecule has 6 heteroatoms. The fourth-order valence-corrected chi connectivity index (χ4v) is 2.19. The van der Waals surface area contributed by atoms with Crippen molar-refractivity contribution in [3.05, 3.63) is 34.3 Å². The maximum absolute atomic E-state index is 11.9. The highest BCUT2D eigenvalue weighted by atomic mass is 79.9. The van der Waals surface area contributed by atoms with Gasteiger partial charge in [-0.2, -0.15) is 0 Å². The van der Waals surface area contributed by atoms with E-state index in [1.807, 2.05) is 24.3 Å². The van der Waals surface area contributed by atoms with Gasteiger partial charge in [-0.1, -0.05) is 35.0 Å². The lowest BCUT2D eigenvalue weighted by molar-refractivity contribution is -0.137. The van der Waals surface area contributed by atoms with Gasteiger partial charge < -0.3 is 15.3 Å². The summed E-state index contributed by atoms with van der Waals surface area (Å²) in [4.78, 5) is 24.0. The number of carboxylic acids is 1. The molecule has 1 rings (SSSR count). The molecule has 0 saturated heterocycles. The third kappa shape index (κ3) is 6.06. The lowest BCUT2D eigenvalue weighted by atomic mass is 10.1. The molecule has 0 aliphatic heterocycles. The normalized spacial score (nSPS) is 11.8. The standard InChI is InChI=1S/C14H19BrN2O3/c1-10(6-13(18)19)8-16-14(20)17(2)9-11-4-3-5-12(15)7-11/h3-5,7,10H,6,8-9H2,1-2H3,(H,16,20)(H,18,19). The minimum Gasteiger partial charge on any atom is -0.481 e. The molecular formula is C14H19BrN2O3. The molecule has 1 aromatic rings. The van der Waals surface area contributed by atoms with E-state index in [-0.39, 0.29) is 18.4 Å². The summed E-state index contributed by atoms with van der Waals surface area (Å²) in [5, 5.41) is 11.4. The van der Waals surface area contributed by atoms with Crippen LogP contribution in [0.3, 0.4) is 0 Å². The van der Waals surface area contributed by atoms with E-state index < -0.39 is 5.97 Å². The van der Waals surface area contributed by atoms with Crippen LogP contribution in [0, 0.1) is 5.92 Å². The Morgan fingerprint density at radius 1 is 1.45 bits per heavy atom. The summed E-state index contributed by atoms with van der Waals surface area (Å²) >= 11 is 3.39. The van der Waals surface area contributed by atoms with Crippen LogP contribution in [0.2, 0.25) is 0 Å². The maximum Gasteiger partial charge on any atom is 0.317 e. The van der Waals surface area contributed by atoms with Crippen molar-refractivity contribution < 1.29 is 14.7 Å². The smallest absolute Gasteiger partial charge is 0.317 e. The summed E-state index contributed by atoms with van der Waals surface area (Å²) in [5.74, 6) is -0.940. The Morgan fingerprint density at radius 3 is 2.75 bits per heavy atom. The lowest BCUT2D eigenvalue weighted by Crippen LogP contribution is -2.39. The summed E-state index contributed by atoms with van der Waals surface area (Å²) in [5.41, 5.74) is 1.02. The number of aliphatic carboxylic acids is 1. The number of urea groups is 1. The number of benzene rings is 1. The fraction of sp³-hybridized carbons (Fsp3) is 0.429. The van der Waals surface area contributed by atoms with Gasteiger partial charge in [0.15, 0.2) is 0 Å². The Kier molecular flexibility index (Phi) is 6.51. The molecule has 0 bridgehead atoms. The zero-order valence-corrected chi connectivity index (χ0v) is 13.2. The van der Waals surface area contributed by atoms with E-state index in [1.165, 1.54) is 0 Å². The van der Waals surface area contributed by atoms with Gasteiger partial charge >= 0.3 is 12.0 Å². The van der Waals surface area contributed by atoms with Gasteiger partial charge in [0.25, 0.3) is 0 Å². The average molecular weight is 343 g/mol. The molecule has 0 radical (unpaired) electrons. The molecule has 2 N–H and O–H groups in total. The van der Waals surface area contributed by atoms with Gasteiger partial charge in [0, 0.05) is 31.0 Å². The van der Waals surface area contributed by atoms with Crippen LogP contribution in [0.1, 0.15) is 18.9 Å². The first-order chi connectivity index (χ1) is 9.38. The molecule has 2 amide bonds. The Hall–Kier alpha value is -1.56. The second-order valence-electron chi connectivity index (χ2n) is 4.88. The summed E-state index contributed by atoms with van der Waals surface area (Å²) in [6.07, 6.45) is 0.0512. The van der Waals surface area contributed by atoms with Gasteiger partial charge in [0.1, 0.15) is 0 Å². The van der Waals surface area contributed by atoms with Crippen molar-refractivity contribution in [3.63, 3.8) is 0 Å². The maximum atomic E-state index is 11.9. The second-order valence-corrected chi connectivity index (χ2v) is 5.79. The predicted molar refractivity (Wildman–Crippen MR) is 80.4 cm³/mol. The molecule has 1 unspecified atom stereocenters. The van der Waals surface area contributed by atoms with Crippen LogP contribution in [-0.4, -0.2) is 35.6 Å². The average Bonchev–Trinajstić information content (AvgIpc) is 2.35. The number of hydrogen-bond acceptors (Lipinski definition) is 2. The number of halogens is 1. The molecule has 0 heterocycles. The largest absolute Gasteiger partial charge is 0.481 e. The first kappa shape index (κ1) is 16.5. The SMILES string of the molecule is CC(CNC(=O)N(C)Cc1cccc(Br)c1)CC(=O)O. The number of carbonyl (C=O) groups is 2. The van der Waals surface area contributed by atoms with Gasteiger partial charge in [0.2, 0.25) is 0 Å². The lowest BCUT2D eigenvalue weighted by Gasteiger charge is -2.19. The van der Waals surface area contributed by atoms with Crippen LogP contribution in [0.5, 0.6) is 0 Å². The zero-order chi connectivity index (χ0) is 15.1. The molecule has 0 spiro atoms.